The minimum atomic E-state index is 0.0634. The number of aromatic nitrogens is 2. The lowest BCUT2D eigenvalue weighted by atomic mass is 10.0. The van der Waals surface area contributed by atoms with Crippen LogP contribution in [-0.2, 0) is 16.1 Å². The molecule has 8 nitrogen and oxygen atoms in total. The van der Waals surface area contributed by atoms with Gasteiger partial charge in [-0.2, -0.15) is 0 Å². The highest BCUT2D eigenvalue weighted by Crippen LogP contribution is 2.30. The third-order valence-corrected chi connectivity index (χ3v) is 6.30. The molecule has 8 heteroatoms. The Morgan fingerprint density at radius 3 is 2.39 bits per heavy atom. The Balaban J connectivity index is 1.71. The van der Waals surface area contributed by atoms with Gasteiger partial charge in [-0.1, -0.05) is 12.8 Å². The van der Waals surface area contributed by atoms with Crippen LogP contribution in [0.4, 0.5) is 5.82 Å². The lowest BCUT2D eigenvalue weighted by molar-refractivity contribution is -0.132. The summed E-state index contributed by atoms with van der Waals surface area (Å²) in [6, 6.07) is 2.17. The van der Waals surface area contributed by atoms with Gasteiger partial charge in [0.1, 0.15) is 11.6 Å². The van der Waals surface area contributed by atoms with Gasteiger partial charge >= 0.3 is 0 Å². The summed E-state index contributed by atoms with van der Waals surface area (Å²) in [5.41, 5.74) is 0.888. The predicted molar refractivity (Wildman–Crippen MR) is 122 cm³/mol. The number of carbonyl (C=O) groups is 2. The molecule has 0 radical (unpaired) electrons. The molecule has 2 aliphatic heterocycles. The van der Waals surface area contributed by atoms with E-state index in [4.69, 9.17) is 4.98 Å². The lowest BCUT2D eigenvalue weighted by Gasteiger charge is -2.24. The van der Waals surface area contributed by atoms with Crippen LogP contribution < -0.4 is 4.90 Å². The molecule has 2 aliphatic rings. The molecular weight excluding hydrogens is 392 g/mol. The highest BCUT2D eigenvalue weighted by atomic mass is 16.2. The molecule has 0 aliphatic carbocycles. The molecule has 2 saturated heterocycles. The molecule has 0 N–H and O–H groups in total. The number of anilines is 1. The van der Waals surface area contributed by atoms with E-state index in [0.717, 1.165) is 24.6 Å². The predicted octanol–water partition coefficient (Wildman–Crippen LogP) is 2.10. The summed E-state index contributed by atoms with van der Waals surface area (Å²) in [6.07, 6.45) is 5.33. The quantitative estimate of drug-likeness (QED) is 0.660. The molecule has 2 amide bonds. The molecule has 1 aromatic rings. The van der Waals surface area contributed by atoms with E-state index in [-0.39, 0.29) is 23.8 Å². The van der Waals surface area contributed by atoms with Gasteiger partial charge in [0.2, 0.25) is 11.8 Å². The van der Waals surface area contributed by atoms with Crippen molar-refractivity contribution in [2.24, 2.45) is 0 Å². The van der Waals surface area contributed by atoms with Crippen LogP contribution in [0.2, 0.25) is 0 Å². The second kappa shape index (κ2) is 10.4. The van der Waals surface area contributed by atoms with Gasteiger partial charge < -0.3 is 14.7 Å². The first-order chi connectivity index (χ1) is 14.7. The van der Waals surface area contributed by atoms with Gasteiger partial charge in [0.05, 0.1) is 18.8 Å². The third kappa shape index (κ3) is 6.15. The van der Waals surface area contributed by atoms with Crippen LogP contribution in [0.5, 0.6) is 0 Å². The number of hydrogen-bond acceptors (Lipinski definition) is 6. The molecule has 0 aromatic carbocycles. The average molecular weight is 431 g/mol. The second-order valence-corrected chi connectivity index (χ2v) is 9.44. The normalized spacial score (nSPS) is 20.3. The summed E-state index contributed by atoms with van der Waals surface area (Å²) in [7, 11) is 5.72. The molecule has 3 heterocycles. The Morgan fingerprint density at radius 2 is 1.81 bits per heavy atom. The molecule has 0 bridgehead atoms. The van der Waals surface area contributed by atoms with Crippen LogP contribution in [0.15, 0.2) is 6.07 Å². The summed E-state index contributed by atoms with van der Waals surface area (Å²) in [5.74, 6) is 1.78. The molecule has 3 rings (SSSR count). The minimum absolute atomic E-state index is 0.0634. The van der Waals surface area contributed by atoms with Gasteiger partial charge in [-0.3, -0.25) is 14.5 Å². The maximum absolute atomic E-state index is 12.8. The Morgan fingerprint density at radius 1 is 1.13 bits per heavy atom. The van der Waals surface area contributed by atoms with Crippen LogP contribution in [0, 0.1) is 0 Å². The van der Waals surface area contributed by atoms with Crippen LogP contribution in [-0.4, -0.2) is 89.8 Å². The van der Waals surface area contributed by atoms with Crippen molar-refractivity contribution in [2.45, 2.75) is 64.5 Å². The molecule has 1 unspecified atom stereocenters. The van der Waals surface area contributed by atoms with Crippen molar-refractivity contribution >= 4 is 17.6 Å². The zero-order valence-electron chi connectivity index (χ0n) is 19.8. The van der Waals surface area contributed by atoms with E-state index < -0.39 is 0 Å². The van der Waals surface area contributed by atoms with Gasteiger partial charge in [0, 0.05) is 52.1 Å². The number of carbonyl (C=O) groups excluding carboxylic acids is 2. The van der Waals surface area contributed by atoms with Gasteiger partial charge in [-0.25, -0.2) is 9.97 Å². The topological polar surface area (TPSA) is 72.9 Å². The van der Waals surface area contributed by atoms with Crippen LogP contribution in [0.3, 0.4) is 0 Å². The number of likely N-dealkylation sites (tertiary alicyclic amines) is 2. The average Bonchev–Trinajstić information content (AvgIpc) is 2.93. The van der Waals surface area contributed by atoms with Gasteiger partial charge in [0.15, 0.2) is 0 Å². The molecule has 1 aromatic heterocycles. The van der Waals surface area contributed by atoms with Crippen molar-refractivity contribution < 1.29 is 9.59 Å². The Hall–Kier alpha value is -2.22. The molecule has 31 heavy (non-hydrogen) atoms. The smallest absolute Gasteiger partial charge is 0.236 e. The van der Waals surface area contributed by atoms with Crippen molar-refractivity contribution in [3.63, 3.8) is 0 Å². The summed E-state index contributed by atoms with van der Waals surface area (Å²) in [4.78, 5) is 42.5. The molecule has 2 fully saturated rings. The fourth-order valence-corrected chi connectivity index (χ4v) is 4.35. The fraction of sp³-hybridized carbons (Fsp3) is 0.739. The summed E-state index contributed by atoms with van der Waals surface area (Å²) >= 11 is 0. The van der Waals surface area contributed by atoms with E-state index in [1.807, 2.05) is 50.9 Å². The summed E-state index contributed by atoms with van der Waals surface area (Å²) < 4.78 is 0. The second-order valence-electron chi connectivity index (χ2n) is 9.44. The van der Waals surface area contributed by atoms with E-state index in [9.17, 15) is 9.59 Å². The monoisotopic (exact) mass is 430 g/mol. The highest BCUT2D eigenvalue weighted by Gasteiger charge is 2.33. The highest BCUT2D eigenvalue weighted by molar-refractivity contribution is 5.80. The molecule has 1 atom stereocenters. The Labute approximate surface area is 186 Å². The van der Waals surface area contributed by atoms with Crippen molar-refractivity contribution in [1.29, 1.82) is 0 Å². The van der Waals surface area contributed by atoms with Gasteiger partial charge in [0.25, 0.3) is 0 Å². The molecular formula is C23H38N6O2. The van der Waals surface area contributed by atoms with Crippen LogP contribution in [0.25, 0.3) is 0 Å². The Bertz CT molecular complexity index is 773. The fourth-order valence-electron chi connectivity index (χ4n) is 4.35. The standard InChI is InChI=1S/C23H38N6O2/c1-17(2)29-14-18(12-22(29)30)19-13-21(26(3)4)25-20(24-19)15-27(5)23(31)16-28-10-8-6-7-9-11-28/h13,17-18H,6-12,14-16H2,1-5H3. The third-order valence-electron chi connectivity index (χ3n) is 6.30. The first-order valence-electron chi connectivity index (χ1n) is 11.6. The number of hydrogen-bond donors (Lipinski definition) is 0. The first kappa shape index (κ1) is 23.4. The maximum atomic E-state index is 12.8. The van der Waals surface area contributed by atoms with E-state index >= 15 is 0 Å². The molecule has 172 valence electrons. The van der Waals surface area contributed by atoms with E-state index in [1.54, 1.807) is 4.90 Å². The van der Waals surface area contributed by atoms with E-state index in [1.165, 1.54) is 25.7 Å². The van der Waals surface area contributed by atoms with E-state index in [0.29, 0.717) is 31.9 Å². The van der Waals surface area contributed by atoms with Crippen molar-refractivity contribution in [3.8, 4) is 0 Å². The van der Waals surface area contributed by atoms with Crippen molar-refractivity contribution in [3.05, 3.63) is 17.6 Å². The largest absolute Gasteiger partial charge is 0.363 e. The van der Waals surface area contributed by atoms with Crippen molar-refractivity contribution in [2.75, 3.05) is 52.2 Å². The van der Waals surface area contributed by atoms with Gasteiger partial charge in [-0.15, -0.1) is 0 Å². The lowest BCUT2D eigenvalue weighted by Crippen LogP contribution is -2.39. The zero-order valence-corrected chi connectivity index (χ0v) is 19.8. The maximum Gasteiger partial charge on any atom is 0.236 e. The Kier molecular flexibility index (Phi) is 7.86. The van der Waals surface area contributed by atoms with Crippen LogP contribution >= 0.6 is 0 Å². The number of rotatable bonds is 7. The number of nitrogens with zero attached hydrogens (tertiary/aromatic N) is 6. The van der Waals surface area contributed by atoms with E-state index in [2.05, 4.69) is 9.88 Å². The zero-order chi connectivity index (χ0) is 22.5. The SMILES string of the molecule is CC(C)N1CC(c2cc(N(C)C)nc(CN(C)C(=O)CN3CCCCCC3)n2)CC1=O. The number of likely N-dealkylation sites (N-methyl/N-ethyl adjacent to an activating group) is 1. The summed E-state index contributed by atoms with van der Waals surface area (Å²) in [5, 5.41) is 0. The number of amides is 2. The summed E-state index contributed by atoms with van der Waals surface area (Å²) in [6.45, 7) is 7.59. The minimum Gasteiger partial charge on any atom is -0.363 e. The molecule has 0 spiro atoms. The van der Waals surface area contributed by atoms with Crippen molar-refractivity contribution in [1.82, 2.24) is 24.7 Å². The first-order valence-corrected chi connectivity index (χ1v) is 11.6. The molecule has 0 saturated carbocycles. The van der Waals surface area contributed by atoms with Gasteiger partial charge in [-0.05, 0) is 39.8 Å². The van der Waals surface area contributed by atoms with Crippen LogP contribution in [0.1, 0.15) is 63.4 Å².